The summed E-state index contributed by atoms with van der Waals surface area (Å²) in [6.07, 6.45) is 1.79. The topological polar surface area (TPSA) is 54.3 Å². The molecule has 0 atom stereocenters. The van der Waals surface area contributed by atoms with E-state index in [2.05, 4.69) is 34.2 Å². The Labute approximate surface area is 180 Å². The number of nitriles is 1. The molecule has 146 valence electrons. The van der Waals surface area contributed by atoms with Gasteiger partial charge in [0, 0.05) is 16.6 Å². The predicted molar refractivity (Wildman–Crippen MR) is 121 cm³/mol. The number of halogens is 1. The van der Waals surface area contributed by atoms with Crippen LogP contribution in [0.1, 0.15) is 27.8 Å². The van der Waals surface area contributed by atoms with Crippen LogP contribution in [0.15, 0.2) is 34.3 Å². The lowest BCUT2D eigenvalue weighted by atomic mass is 10.0. The van der Waals surface area contributed by atoms with Crippen LogP contribution in [0.3, 0.4) is 0 Å². The van der Waals surface area contributed by atoms with Crippen LogP contribution >= 0.6 is 28.1 Å². The van der Waals surface area contributed by atoms with Crippen molar-refractivity contribution in [2.45, 2.75) is 27.3 Å². The van der Waals surface area contributed by atoms with E-state index in [-0.39, 0.29) is 0 Å². The van der Waals surface area contributed by atoms with Crippen LogP contribution in [0, 0.1) is 32.1 Å². The molecule has 0 aliphatic heterocycles. The Morgan fingerprint density at radius 2 is 1.71 bits per heavy atom. The smallest absolute Gasteiger partial charge is 0.125 e. The fourth-order valence-corrected chi connectivity index (χ4v) is 3.52. The summed E-state index contributed by atoms with van der Waals surface area (Å²) in [6, 6.07) is 10.1. The predicted octanol–water partition coefficient (Wildman–Crippen LogP) is 5.42. The van der Waals surface area contributed by atoms with Crippen molar-refractivity contribution in [1.82, 2.24) is 5.32 Å². The van der Waals surface area contributed by atoms with E-state index in [9.17, 15) is 5.26 Å². The van der Waals surface area contributed by atoms with Gasteiger partial charge in [-0.05, 0) is 67.3 Å². The van der Waals surface area contributed by atoms with Gasteiger partial charge in [-0.25, -0.2) is 0 Å². The molecular formula is C22H23BrN2O2S. The average Bonchev–Trinajstić information content (AvgIpc) is 2.68. The van der Waals surface area contributed by atoms with Crippen molar-refractivity contribution >= 4 is 39.2 Å². The standard InChI is InChI=1S/C22H23BrN2O2S/c1-13-6-16(8-19(23)14(13)2)7-18(11-24)22(28)25-12-17-9-20(26-4)15(3)21(10-17)27-5/h6-10H,12H2,1-5H3,(H,25,28)/b18-7+. The van der Waals surface area contributed by atoms with Gasteiger partial charge in [0.2, 0.25) is 0 Å². The molecule has 0 aliphatic carbocycles. The van der Waals surface area contributed by atoms with Crippen molar-refractivity contribution in [3.63, 3.8) is 0 Å². The number of benzene rings is 2. The first-order valence-corrected chi connectivity index (χ1v) is 9.89. The van der Waals surface area contributed by atoms with Crippen LogP contribution in [0.5, 0.6) is 11.5 Å². The highest BCUT2D eigenvalue weighted by Crippen LogP contribution is 2.29. The minimum Gasteiger partial charge on any atom is -0.496 e. The molecule has 2 rings (SSSR count). The second kappa shape index (κ2) is 9.72. The van der Waals surface area contributed by atoms with Gasteiger partial charge in [-0.3, -0.25) is 0 Å². The zero-order valence-electron chi connectivity index (χ0n) is 16.6. The maximum absolute atomic E-state index is 9.55. The largest absolute Gasteiger partial charge is 0.496 e. The molecule has 0 amide bonds. The Kier molecular flexibility index (Phi) is 7.61. The minimum absolute atomic E-state index is 0.398. The lowest BCUT2D eigenvalue weighted by molar-refractivity contribution is 0.388. The normalized spacial score (nSPS) is 11.0. The second-order valence-electron chi connectivity index (χ2n) is 6.42. The van der Waals surface area contributed by atoms with Crippen LogP contribution in [-0.4, -0.2) is 19.2 Å². The number of hydrogen-bond acceptors (Lipinski definition) is 4. The fourth-order valence-electron chi connectivity index (χ4n) is 2.76. The summed E-state index contributed by atoms with van der Waals surface area (Å²) in [4.78, 5) is 0.398. The molecule has 4 nitrogen and oxygen atoms in total. The number of nitrogens with one attached hydrogen (secondary N) is 1. The van der Waals surface area contributed by atoms with Gasteiger partial charge < -0.3 is 14.8 Å². The molecule has 0 bridgehead atoms. The third-order valence-electron chi connectivity index (χ3n) is 4.57. The molecule has 0 saturated carbocycles. The average molecular weight is 459 g/mol. The van der Waals surface area contributed by atoms with Crippen molar-refractivity contribution in [3.05, 3.63) is 62.1 Å². The van der Waals surface area contributed by atoms with Gasteiger partial charge in [0.05, 0.1) is 19.8 Å². The van der Waals surface area contributed by atoms with Gasteiger partial charge in [0.1, 0.15) is 22.6 Å². The third kappa shape index (κ3) is 5.12. The highest BCUT2D eigenvalue weighted by Gasteiger charge is 2.10. The summed E-state index contributed by atoms with van der Waals surface area (Å²) in [5, 5.41) is 12.7. The van der Waals surface area contributed by atoms with Gasteiger partial charge in [0.15, 0.2) is 0 Å². The summed E-state index contributed by atoms with van der Waals surface area (Å²) in [5.74, 6) is 1.50. The molecule has 6 heteroatoms. The van der Waals surface area contributed by atoms with E-state index in [1.807, 2.05) is 38.1 Å². The van der Waals surface area contributed by atoms with Crippen molar-refractivity contribution in [2.24, 2.45) is 0 Å². The monoisotopic (exact) mass is 458 g/mol. The third-order valence-corrected chi connectivity index (χ3v) is 5.76. The summed E-state index contributed by atoms with van der Waals surface area (Å²) in [7, 11) is 3.25. The number of ether oxygens (including phenoxy) is 2. The Bertz CT molecular complexity index is 929. The Hall–Kier alpha value is -2.36. The lowest BCUT2D eigenvalue weighted by Crippen LogP contribution is -2.22. The Morgan fingerprint density at radius 1 is 1.11 bits per heavy atom. The maximum Gasteiger partial charge on any atom is 0.125 e. The van der Waals surface area contributed by atoms with Crippen LogP contribution in [-0.2, 0) is 6.54 Å². The summed E-state index contributed by atoms with van der Waals surface area (Å²) in [5.41, 5.74) is 5.56. The van der Waals surface area contributed by atoms with Crippen molar-refractivity contribution in [3.8, 4) is 17.6 Å². The van der Waals surface area contributed by atoms with E-state index >= 15 is 0 Å². The van der Waals surface area contributed by atoms with Gasteiger partial charge in [-0.1, -0.05) is 34.2 Å². The molecular weight excluding hydrogens is 436 g/mol. The SMILES string of the molecule is COc1cc(CNC(=S)/C(C#N)=C/c2cc(C)c(C)c(Br)c2)cc(OC)c1C. The zero-order valence-corrected chi connectivity index (χ0v) is 19.0. The van der Waals surface area contributed by atoms with Crippen LogP contribution in [0.25, 0.3) is 6.08 Å². The molecule has 0 heterocycles. The van der Waals surface area contributed by atoms with Crippen LogP contribution in [0.4, 0.5) is 0 Å². The minimum atomic E-state index is 0.398. The van der Waals surface area contributed by atoms with Crippen molar-refractivity contribution < 1.29 is 9.47 Å². The molecule has 0 fully saturated rings. The number of hydrogen-bond donors (Lipinski definition) is 1. The molecule has 0 spiro atoms. The van der Waals surface area contributed by atoms with E-state index in [1.54, 1.807) is 20.3 Å². The number of rotatable bonds is 6. The summed E-state index contributed by atoms with van der Waals surface area (Å²) < 4.78 is 11.8. The molecule has 0 radical (unpaired) electrons. The zero-order chi connectivity index (χ0) is 20.8. The first-order chi connectivity index (χ1) is 13.3. The molecule has 1 N–H and O–H groups in total. The molecule has 2 aromatic carbocycles. The molecule has 0 saturated heterocycles. The van der Waals surface area contributed by atoms with Gasteiger partial charge in [-0.15, -0.1) is 0 Å². The Balaban J connectivity index is 2.21. The highest BCUT2D eigenvalue weighted by molar-refractivity contribution is 9.10. The van der Waals surface area contributed by atoms with Crippen molar-refractivity contribution in [2.75, 3.05) is 14.2 Å². The Morgan fingerprint density at radius 3 is 2.21 bits per heavy atom. The fraction of sp³-hybridized carbons (Fsp3) is 0.273. The van der Waals surface area contributed by atoms with E-state index in [1.165, 1.54) is 5.56 Å². The molecule has 2 aromatic rings. The van der Waals surface area contributed by atoms with Gasteiger partial charge in [0.25, 0.3) is 0 Å². The van der Waals surface area contributed by atoms with Crippen LogP contribution < -0.4 is 14.8 Å². The molecule has 0 aliphatic rings. The van der Waals surface area contributed by atoms with E-state index in [0.717, 1.165) is 38.2 Å². The lowest BCUT2D eigenvalue weighted by Gasteiger charge is -2.14. The second-order valence-corrected chi connectivity index (χ2v) is 7.69. The van der Waals surface area contributed by atoms with E-state index in [0.29, 0.717) is 17.1 Å². The first kappa shape index (κ1) is 21.9. The molecule has 28 heavy (non-hydrogen) atoms. The molecule has 0 aromatic heterocycles. The van der Waals surface area contributed by atoms with E-state index < -0.39 is 0 Å². The number of thiocarbonyl (C=S) groups is 1. The summed E-state index contributed by atoms with van der Waals surface area (Å²) >= 11 is 8.99. The molecule has 0 unspecified atom stereocenters. The van der Waals surface area contributed by atoms with Crippen LogP contribution in [0.2, 0.25) is 0 Å². The quantitative estimate of drug-likeness (QED) is 0.355. The van der Waals surface area contributed by atoms with Gasteiger partial charge in [-0.2, -0.15) is 5.26 Å². The first-order valence-electron chi connectivity index (χ1n) is 8.69. The highest BCUT2D eigenvalue weighted by atomic mass is 79.9. The van der Waals surface area contributed by atoms with Gasteiger partial charge >= 0.3 is 0 Å². The number of aryl methyl sites for hydroxylation is 1. The number of nitrogens with zero attached hydrogens (tertiary/aromatic N) is 1. The van der Waals surface area contributed by atoms with E-state index in [4.69, 9.17) is 21.7 Å². The maximum atomic E-state index is 9.55. The summed E-state index contributed by atoms with van der Waals surface area (Å²) in [6.45, 7) is 6.49. The van der Waals surface area contributed by atoms with Crippen molar-refractivity contribution in [1.29, 1.82) is 5.26 Å². The number of methoxy groups -OCH3 is 2.